The van der Waals surface area contributed by atoms with Gasteiger partial charge in [0.1, 0.15) is 0 Å². The van der Waals surface area contributed by atoms with Crippen LogP contribution < -0.4 is 0 Å². The van der Waals surface area contributed by atoms with E-state index in [1.165, 1.54) is 49.9 Å². The quantitative estimate of drug-likeness (QED) is 0.826. The molecule has 0 N–H and O–H groups in total. The number of hydrogen-bond acceptors (Lipinski definition) is 3. The van der Waals surface area contributed by atoms with Crippen molar-refractivity contribution in [3.05, 3.63) is 29.8 Å². The van der Waals surface area contributed by atoms with E-state index in [2.05, 4.69) is 41.0 Å². The third-order valence-electron chi connectivity index (χ3n) is 4.19. The van der Waals surface area contributed by atoms with Gasteiger partial charge in [0.2, 0.25) is 0 Å². The second-order valence-corrected chi connectivity index (χ2v) is 6.34. The first-order valence-corrected chi connectivity index (χ1v) is 8.02. The lowest BCUT2D eigenvalue weighted by molar-refractivity contribution is 0.133. The first kappa shape index (κ1) is 12.5. The van der Waals surface area contributed by atoms with Gasteiger partial charge in [0, 0.05) is 49.3 Å². The second kappa shape index (κ2) is 5.64. The van der Waals surface area contributed by atoms with Crippen LogP contribution >= 0.6 is 11.8 Å². The fourth-order valence-corrected chi connectivity index (χ4v) is 4.22. The van der Waals surface area contributed by atoms with Gasteiger partial charge in [0.25, 0.3) is 0 Å². The molecule has 0 amide bonds. The summed E-state index contributed by atoms with van der Waals surface area (Å²) in [5.41, 5.74) is 1.58. The molecule has 0 aromatic heterocycles. The smallest absolute Gasteiger partial charge is 0.0110 e. The van der Waals surface area contributed by atoms with Crippen LogP contribution in [0.1, 0.15) is 18.4 Å². The summed E-state index contributed by atoms with van der Waals surface area (Å²) in [7, 11) is 0. The monoisotopic (exact) mass is 262 g/mol. The average molecular weight is 262 g/mol. The number of benzene rings is 1. The van der Waals surface area contributed by atoms with Crippen molar-refractivity contribution < 1.29 is 0 Å². The normalized spacial score (nSPS) is 25.3. The third-order valence-corrected chi connectivity index (χ3v) is 5.44. The summed E-state index contributed by atoms with van der Waals surface area (Å²) < 4.78 is 0. The Kier molecular flexibility index (Phi) is 3.92. The molecule has 2 nitrogen and oxygen atoms in total. The Morgan fingerprint density at radius 2 is 1.83 bits per heavy atom. The van der Waals surface area contributed by atoms with Gasteiger partial charge < -0.3 is 9.80 Å². The molecule has 2 aliphatic rings. The number of rotatable bonds is 3. The van der Waals surface area contributed by atoms with Crippen LogP contribution in [0, 0.1) is 0 Å². The topological polar surface area (TPSA) is 6.48 Å². The first-order valence-electron chi connectivity index (χ1n) is 7.03. The number of likely N-dealkylation sites (N-methyl/N-ethyl adjacent to an activating group) is 1. The van der Waals surface area contributed by atoms with Crippen LogP contribution in [0.4, 0.5) is 0 Å². The average Bonchev–Trinajstić information content (AvgIpc) is 2.83. The van der Waals surface area contributed by atoms with Gasteiger partial charge >= 0.3 is 0 Å². The van der Waals surface area contributed by atoms with E-state index < -0.39 is 0 Å². The Labute approximate surface area is 114 Å². The van der Waals surface area contributed by atoms with Crippen molar-refractivity contribution in [2.75, 3.05) is 45.0 Å². The summed E-state index contributed by atoms with van der Waals surface area (Å²) >= 11 is 2.03. The van der Waals surface area contributed by atoms with Crippen molar-refractivity contribution >= 4 is 11.8 Å². The lowest BCUT2D eigenvalue weighted by Crippen LogP contribution is -2.47. The zero-order valence-corrected chi connectivity index (χ0v) is 12.0. The van der Waals surface area contributed by atoms with E-state index in [9.17, 15) is 0 Å². The van der Waals surface area contributed by atoms with E-state index in [1.54, 1.807) is 5.56 Å². The molecule has 3 rings (SSSR count). The molecule has 3 heteroatoms. The molecular formula is C15H22N2S. The molecule has 98 valence electrons. The molecule has 1 fully saturated rings. The summed E-state index contributed by atoms with van der Waals surface area (Å²) in [4.78, 5) is 6.71. The molecule has 1 aromatic carbocycles. The molecule has 0 spiro atoms. The minimum absolute atomic E-state index is 0.749. The number of fused-ring (bicyclic) bond motifs is 1. The highest BCUT2D eigenvalue weighted by Gasteiger charge is 2.26. The van der Waals surface area contributed by atoms with Gasteiger partial charge in [-0.1, -0.05) is 25.1 Å². The predicted molar refractivity (Wildman–Crippen MR) is 78.5 cm³/mol. The highest BCUT2D eigenvalue weighted by Crippen LogP contribution is 2.39. The molecule has 0 bridgehead atoms. The number of piperazine rings is 1. The Balaban J connectivity index is 1.59. The third kappa shape index (κ3) is 2.58. The fraction of sp³-hybridized carbons (Fsp3) is 0.600. The van der Waals surface area contributed by atoms with Crippen molar-refractivity contribution in [1.82, 2.24) is 9.80 Å². The molecule has 1 unspecified atom stereocenters. The number of thioether (sulfide) groups is 1. The van der Waals surface area contributed by atoms with Crippen molar-refractivity contribution in [2.24, 2.45) is 0 Å². The van der Waals surface area contributed by atoms with Crippen LogP contribution in [-0.2, 0) is 0 Å². The maximum absolute atomic E-state index is 2.65. The van der Waals surface area contributed by atoms with Crippen molar-refractivity contribution in [3.63, 3.8) is 0 Å². The zero-order valence-electron chi connectivity index (χ0n) is 11.1. The lowest BCUT2D eigenvalue weighted by Gasteiger charge is -2.35. The Hall–Kier alpha value is -0.510. The van der Waals surface area contributed by atoms with Crippen LogP contribution in [0.25, 0.3) is 0 Å². The van der Waals surface area contributed by atoms with E-state index in [-0.39, 0.29) is 0 Å². The van der Waals surface area contributed by atoms with Crippen molar-refractivity contribution in [2.45, 2.75) is 17.7 Å². The Morgan fingerprint density at radius 3 is 2.61 bits per heavy atom. The first-order chi connectivity index (χ1) is 8.86. The van der Waals surface area contributed by atoms with Crippen LogP contribution in [0.2, 0.25) is 0 Å². The lowest BCUT2D eigenvalue weighted by atomic mass is 10.0. The van der Waals surface area contributed by atoms with Gasteiger partial charge in [-0.3, -0.25) is 0 Å². The largest absolute Gasteiger partial charge is 0.301 e. The highest BCUT2D eigenvalue weighted by molar-refractivity contribution is 7.99. The van der Waals surface area contributed by atoms with Gasteiger partial charge in [-0.15, -0.1) is 11.8 Å². The van der Waals surface area contributed by atoms with Crippen molar-refractivity contribution in [1.29, 1.82) is 0 Å². The molecule has 2 heterocycles. The summed E-state index contributed by atoms with van der Waals surface area (Å²) in [5.74, 6) is 2.02. The fourth-order valence-electron chi connectivity index (χ4n) is 2.98. The molecule has 0 aliphatic carbocycles. The maximum atomic E-state index is 2.65. The van der Waals surface area contributed by atoms with Crippen LogP contribution in [0.5, 0.6) is 0 Å². The summed E-state index contributed by atoms with van der Waals surface area (Å²) in [6, 6.07) is 8.94. The van der Waals surface area contributed by atoms with Gasteiger partial charge in [0.15, 0.2) is 0 Å². The van der Waals surface area contributed by atoms with Crippen LogP contribution in [0.15, 0.2) is 29.2 Å². The number of nitrogens with zero attached hydrogens (tertiary/aromatic N) is 2. The molecule has 18 heavy (non-hydrogen) atoms. The van der Waals surface area contributed by atoms with E-state index >= 15 is 0 Å². The van der Waals surface area contributed by atoms with Gasteiger partial charge in [-0.2, -0.15) is 0 Å². The van der Waals surface area contributed by atoms with E-state index in [0.717, 1.165) is 5.92 Å². The predicted octanol–water partition coefficient (Wildman–Crippen LogP) is 2.51. The SMILES string of the molecule is CCN1CCN(CC2CSc3ccccc32)CC1. The van der Waals surface area contributed by atoms with Crippen molar-refractivity contribution in [3.8, 4) is 0 Å². The molecule has 1 atom stereocenters. The molecule has 1 aromatic rings. The Morgan fingerprint density at radius 1 is 1.11 bits per heavy atom. The van der Waals surface area contributed by atoms with Crippen LogP contribution in [0.3, 0.4) is 0 Å². The minimum Gasteiger partial charge on any atom is -0.301 e. The summed E-state index contributed by atoms with van der Waals surface area (Å²) in [5, 5.41) is 0. The molecule has 0 saturated carbocycles. The summed E-state index contributed by atoms with van der Waals surface area (Å²) in [6.07, 6.45) is 0. The minimum atomic E-state index is 0.749. The standard InChI is InChI=1S/C15H22N2S/c1-2-16-7-9-17(10-8-16)11-13-12-18-15-6-4-3-5-14(13)15/h3-6,13H,2,7-12H2,1H3. The molecular weight excluding hydrogens is 240 g/mol. The van der Waals surface area contributed by atoms with E-state index in [0.29, 0.717) is 0 Å². The van der Waals surface area contributed by atoms with Gasteiger partial charge in [0.05, 0.1) is 0 Å². The van der Waals surface area contributed by atoms with E-state index in [1.807, 2.05) is 11.8 Å². The molecule has 0 radical (unpaired) electrons. The molecule has 1 saturated heterocycles. The molecule has 2 aliphatic heterocycles. The zero-order chi connectivity index (χ0) is 12.4. The number of hydrogen-bond donors (Lipinski definition) is 0. The van der Waals surface area contributed by atoms with Crippen LogP contribution in [-0.4, -0.2) is 54.8 Å². The maximum Gasteiger partial charge on any atom is 0.0110 e. The van der Waals surface area contributed by atoms with Gasteiger partial charge in [-0.25, -0.2) is 0 Å². The Bertz CT molecular complexity index is 399. The summed E-state index contributed by atoms with van der Waals surface area (Å²) in [6.45, 7) is 9.71. The van der Waals surface area contributed by atoms with Gasteiger partial charge in [-0.05, 0) is 18.2 Å². The second-order valence-electron chi connectivity index (χ2n) is 5.28. The highest BCUT2D eigenvalue weighted by atomic mass is 32.2. The van der Waals surface area contributed by atoms with E-state index in [4.69, 9.17) is 0 Å².